The van der Waals surface area contributed by atoms with Gasteiger partial charge in [-0.1, -0.05) is 11.6 Å². The molecule has 0 saturated carbocycles. The van der Waals surface area contributed by atoms with Crippen LogP contribution in [0, 0.1) is 5.82 Å². The second kappa shape index (κ2) is 5.10. The fourth-order valence-corrected chi connectivity index (χ4v) is 2.05. The molecule has 1 unspecified atom stereocenters. The zero-order chi connectivity index (χ0) is 12.4. The molecule has 0 N–H and O–H groups in total. The molecule has 0 radical (unpaired) electrons. The minimum atomic E-state index is -0.483. The van der Waals surface area contributed by atoms with Crippen LogP contribution < -0.4 is 4.74 Å². The summed E-state index contributed by atoms with van der Waals surface area (Å²) < 4.78 is 18.5. The topological polar surface area (TPSA) is 29.5 Å². The minimum Gasteiger partial charge on any atom is -0.488 e. The molecule has 1 amide bonds. The van der Waals surface area contributed by atoms with Gasteiger partial charge in [0, 0.05) is 19.0 Å². The van der Waals surface area contributed by atoms with Crippen molar-refractivity contribution >= 4 is 28.6 Å². The second-order valence-corrected chi connectivity index (χ2v) is 4.53. The van der Waals surface area contributed by atoms with Crippen LogP contribution in [0.2, 0.25) is 5.02 Å². The Hall–Kier alpha value is -1.00. The smallest absolute Gasteiger partial charge is 0.316 e. The van der Waals surface area contributed by atoms with Gasteiger partial charge in [0.2, 0.25) is 0 Å². The maximum Gasteiger partial charge on any atom is 0.316 e. The van der Waals surface area contributed by atoms with Crippen molar-refractivity contribution in [2.75, 3.05) is 13.1 Å². The van der Waals surface area contributed by atoms with Crippen molar-refractivity contribution in [1.29, 1.82) is 0 Å². The lowest BCUT2D eigenvalue weighted by molar-refractivity contribution is 0.199. The van der Waals surface area contributed by atoms with Gasteiger partial charge in [-0.15, -0.1) is 0 Å². The van der Waals surface area contributed by atoms with Crippen LogP contribution in [0.15, 0.2) is 18.2 Å². The first-order valence-corrected chi connectivity index (χ1v) is 5.88. The van der Waals surface area contributed by atoms with Crippen molar-refractivity contribution in [3.63, 3.8) is 0 Å². The standard InChI is InChI=1S/C11H10Cl2FNO2/c12-9-5-7(1-2-10(9)14)17-8-3-4-15(6-8)11(13)16/h1-2,5,8H,3-4,6H2. The first kappa shape index (κ1) is 12.5. The highest BCUT2D eigenvalue weighted by Crippen LogP contribution is 2.24. The molecule has 0 spiro atoms. The third kappa shape index (κ3) is 3.01. The number of hydrogen-bond acceptors (Lipinski definition) is 2. The second-order valence-electron chi connectivity index (χ2n) is 3.80. The molecule has 17 heavy (non-hydrogen) atoms. The highest BCUT2D eigenvalue weighted by molar-refractivity contribution is 6.62. The Morgan fingerprint density at radius 3 is 2.88 bits per heavy atom. The number of hydrogen-bond donors (Lipinski definition) is 0. The number of halogens is 3. The van der Waals surface area contributed by atoms with Gasteiger partial charge in [0.05, 0.1) is 11.6 Å². The summed E-state index contributed by atoms with van der Waals surface area (Å²) in [4.78, 5) is 12.4. The highest BCUT2D eigenvalue weighted by atomic mass is 35.5. The summed E-state index contributed by atoms with van der Waals surface area (Å²) in [5.74, 6) is 0.00766. The molecule has 1 aliphatic heterocycles. The van der Waals surface area contributed by atoms with E-state index in [2.05, 4.69) is 0 Å². The molecule has 1 heterocycles. The zero-order valence-corrected chi connectivity index (χ0v) is 10.3. The lowest BCUT2D eigenvalue weighted by Crippen LogP contribution is -2.26. The van der Waals surface area contributed by atoms with E-state index in [1.807, 2.05) is 0 Å². The van der Waals surface area contributed by atoms with Gasteiger partial charge >= 0.3 is 5.37 Å². The highest BCUT2D eigenvalue weighted by Gasteiger charge is 2.26. The number of nitrogens with zero attached hydrogens (tertiary/aromatic N) is 1. The molecular weight excluding hydrogens is 268 g/mol. The maximum atomic E-state index is 12.9. The molecule has 92 valence electrons. The van der Waals surface area contributed by atoms with Gasteiger partial charge in [0.1, 0.15) is 17.7 Å². The van der Waals surface area contributed by atoms with Crippen molar-refractivity contribution in [2.45, 2.75) is 12.5 Å². The van der Waals surface area contributed by atoms with Gasteiger partial charge in [-0.05, 0) is 23.7 Å². The molecule has 0 aromatic heterocycles. The Labute approximate surface area is 108 Å². The van der Waals surface area contributed by atoms with Gasteiger partial charge in [-0.2, -0.15) is 0 Å². The Morgan fingerprint density at radius 1 is 1.53 bits per heavy atom. The van der Waals surface area contributed by atoms with E-state index in [4.69, 9.17) is 27.9 Å². The lowest BCUT2D eigenvalue weighted by atomic mass is 10.3. The van der Waals surface area contributed by atoms with Crippen molar-refractivity contribution in [3.8, 4) is 5.75 Å². The van der Waals surface area contributed by atoms with Crippen LogP contribution >= 0.6 is 23.2 Å². The summed E-state index contributed by atoms with van der Waals surface area (Å²) >= 11 is 11.0. The van der Waals surface area contributed by atoms with Gasteiger partial charge < -0.3 is 9.64 Å². The van der Waals surface area contributed by atoms with Gasteiger partial charge in [0.15, 0.2) is 0 Å². The summed E-state index contributed by atoms with van der Waals surface area (Å²) in [5.41, 5.74) is 0. The van der Waals surface area contributed by atoms with Crippen LogP contribution in [-0.4, -0.2) is 29.5 Å². The number of amides is 1. The van der Waals surface area contributed by atoms with Crippen molar-refractivity contribution in [3.05, 3.63) is 29.0 Å². The molecular formula is C11H10Cl2FNO2. The van der Waals surface area contributed by atoms with Crippen LogP contribution in [0.25, 0.3) is 0 Å². The number of ether oxygens (including phenoxy) is 1. The monoisotopic (exact) mass is 277 g/mol. The van der Waals surface area contributed by atoms with Crippen LogP contribution in [0.5, 0.6) is 5.75 Å². The van der Waals surface area contributed by atoms with Crippen molar-refractivity contribution in [1.82, 2.24) is 4.90 Å². The summed E-state index contributed by atoms with van der Waals surface area (Å²) in [6.45, 7) is 1.01. The fraction of sp³-hybridized carbons (Fsp3) is 0.364. The minimum absolute atomic E-state index is 0.0192. The lowest BCUT2D eigenvalue weighted by Gasteiger charge is -2.14. The Morgan fingerprint density at radius 2 is 2.29 bits per heavy atom. The average molecular weight is 278 g/mol. The van der Waals surface area contributed by atoms with Gasteiger partial charge in [-0.25, -0.2) is 4.39 Å². The summed E-state index contributed by atoms with van der Waals surface area (Å²) in [5, 5.41) is -0.459. The zero-order valence-electron chi connectivity index (χ0n) is 8.83. The molecule has 6 heteroatoms. The molecule has 3 nitrogen and oxygen atoms in total. The molecule has 1 saturated heterocycles. The Kier molecular flexibility index (Phi) is 3.74. The number of carbonyl (C=O) groups is 1. The number of benzene rings is 1. The predicted molar refractivity (Wildman–Crippen MR) is 63.3 cm³/mol. The van der Waals surface area contributed by atoms with Crippen molar-refractivity contribution < 1.29 is 13.9 Å². The van der Waals surface area contributed by atoms with E-state index in [1.54, 1.807) is 0 Å². The van der Waals surface area contributed by atoms with Crippen LogP contribution in [-0.2, 0) is 0 Å². The third-order valence-electron chi connectivity index (χ3n) is 2.59. The van der Waals surface area contributed by atoms with E-state index in [0.717, 1.165) is 0 Å². The van der Waals surface area contributed by atoms with E-state index in [0.29, 0.717) is 25.3 Å². The molecule has 1 aromatic rings. The number of likely N-dealkylation sites (tertiary alicyclic amines) is 1. The first-order chi connectivity index (χ1) is 8.06. The van der Waals surface area contributed by atoms with E-state index >= 15 is 0 Å². The van der Waals surface area contributed by atoms with Gasteiger partial charge in [-0.3, -0.25) is 4.79 Å². The van der Waals surface area contributed by atoms with Crippen LogP contribution in [0.4, 0.5) is 9.18 Å². The molecule has 1 fully saturated rings. The van der Waals surface area contributed by atoms with E-state index < -0.39 is 11.2 Å². The van der Waals surface area contributed by atoms with Gasteiger partial charge in [0.25, 0.3) is 0 Å². The summed E-state index contributed by atoms with van der Waals surface area (Å²) in [6, 6.07) is 4.17. The van der Waals surface area contributed by atoms with Crippen LogP contribution in [0.1, 0.15) is 6.42 Å². The molecule has 0 bridgehead atoms. The van der Waals surface area contributed by atoms with E-state index in [1.165, 1.54) is 23.1 Å². The number of carbonyl (C=O) groups excluding carboxylic acids is 1. The van der Waals surface area contributed by atoms with E-state index in [9.17, 15) is 9.18 Å². The van der Waals surface area contributed by atoms with Crippen LogP contribution in [0.3, 0.4) is 0 Å². The third-order valence-corrected chi connectivity index (χ3v) is 3.12. The average Bonchev–Trinajstić information content (AvgIpc) is 2.72. The normalized spacial score (nSPS) is 19.5. The predicted octanol–water partition coefficient (Wildman–Crippen LogP) is 3.29. The van der Waals surface area contributed by atoms with Crippen molar-refractivity contribution in [2.24, 2.45) is 0 Å². The quantitative estimate of drug-likeness (QED) is 0.613. The largest absolute Gasteiger partial charge is 0.488 e. The molecule has 0 aliphatic carbocycles. The molecule has 1 aromatic carbocycles. The maximum absolute atomic E-state index is 12.9. The molecule has 1 aliphatic rings. The molecule has 2 rings (SSSR count). The summed E-state index contributed by atoms with van der Waals surface area (Å²) in [7, 11) is 0. The first-order valence-electron chi connectivity index (χ1n) is 5.12. The Bertz CT molecular complexity index is 441. The Balaban J connectivity index is 1.98. The summed E-state index contributed by atoms with van der Waals surface area (Å²) in [6.07, 6.45) is 0.576. The number of rotatable bonds is 2. The fourth-order valence-electron chi connectivity index (χ4n) is 1.73. The van der Waals surface area contributed by atoms with E-state index in [-0.39, 0.29) is 11.1 Å². The SMILES string of the molecule is O=C(Cl)N1CCC(Oc2ccc(F)c(Cl)c2)C1. The molecule has 1 atom stereocenters.